The fourth-order valence-electron chi connectivity index (χ4n) is 2.33. The highest BCUT2D eigenvalue weighted by Gasteiger charge is 1.99. The topological polar surface area (TPSA) is 17.0 Å². The summed E-state index contributed by atoms with van der Waals surface area (Å²) < 4.78 is 2.25. The van der Waals surface area contributed by atoms with Gasteiger partial charge in [-0.2, -0.15) is 0 Å². The van der Waals surface area contributed by atoms with E-state index in [2.05, 4.69) is 67.3 Å². The van der Waals surface area contributed by atoms with Gasteiger partial charge in [-0.1, -0.05) is 36.2 Å². The molecule has 0 spiro atoms. The van der Waals surface area contributed by atoms with Crippen molar-refractivity contribution in [2.75, 3.05) is 6.54 Å². The van der Waals surface area contributed by atoms with Crippen LogP contribution in [0.5, 0.6) is 0 Å². The van der Waals surface area contributed by atoms with Crippen LogP contribution >= 0.6 is 0 Å². The third-order valence-corrected chi connectivity index (χ3v) is 3.04. The normalized spacial score (nSPS) is 10.8. The second kappa shape index (κ2) is 5.87. The molecule has 0 atom stereocenters. The van der Waals surface area contributed by atoms with Gasteiger partial charge >= 0.3 is 0 Å². The molecule has 2 nitrogen and oxygen atoms in total. The van der Waals surface area contributed by atoms with E-state index in [1.165, 1.54) is 22.3 Å². The van der Waals surface area contributed by atoms with Gasteiger partial charge in [0.15, 0.2) is 0 Å². The summed E-state index contributed by atoms with van der Waals surface area (Å²) in [6, 6.07) is 8.93. The van der Waals surface area contributed by atoms with E-state index in [9.17, 15) is 0 Å². The van der Waals surface area contributed by atoms with Gasteiger partial charge in [0.1, 0.15) is 0 Å². The highest BCUT2D eigenvalue weighted by Crippen LogP contribution is 2.11. The fraction of sp³-hybridized carbons (Fsp3) is 0.375. The minimum Gasteiger partial charge on any atom is -0.350 e. The molecule has 1 aromatic heterocycles. The Morgan fingerprint density at radius 2 is 1.78 bits per heavy atom. The highest BCUT2D eigenvalue weighted by molar-refractivity contribution is 5.29. The van der Waals surface area contributed by atoms with E-state index in [4.69, 9.17) is 0 Å². The smallest absolute Gasteiger partial charge is 0.0470 e. The van der Waals surface area contributed by atoms with Crippen LogP contribution in [0.15, 0.2) is 36.7 Å². The molecule has 2 aromatic rings. The lowest BCUT2D eigenvalue weighted by Gasteiger charge is -2.06. The molecule has 0 aliphatic rings. The Kier molecular flexibility index (Phi) is 4.21. The maximum absolute atomic E-state index is 3.35. The Hall–Kier alpha value is -1.54. The molecular formula is C16H22N2. The number of hydrogen-bond donors (Lipinski definition) is 1. The standard InChI is InChI=1S/C16H22N2/c1-4-17-10-15-5-6-18(11-15)12-16-8-13(2)7-14(3)9-16/h5-9,11,17H,4,10,12H2,1-3H3. The number of rotatable bonds is 5. The van der Waals surface area contributed by atoms with Crippen LogP contribution < -0.4 is 5.32 Å². The first kappa shape index (κ1) is 12.9. The summed E-state index contributed by atoms with van der Waals surface area (Å²) in [6.07, 6.45) is 4.38. The predicted octanol–water partition coefficient (Wildman–Crippen LogP) is 3.26. The first-order chi connectivity index (χ1) is 8.67. The van der Waals surface area contributed by atoms with Crippen molar-refractivity contribution < 1.29 is 0 Å². The molecular weight excluding hydrogens is 220 g/mol. The molecule has 18 heavy (non-hydrogen) atoms. The molecule has 0 bridgehead atoms. The van der Waals surface area contributed by atoms with Gasteiger partial charge < -0.3 is 9.88 Å². The number of aryl methyl sites for hydroxylation is 2. The lowest BCUT2D eigenvalue weighted by atomic mass is 10.1. The summed E-state index contributed by atoms with van der Waals surface area (Å²) in [5, 5.41) is 3.35. The van der Waals surface area contributed by atoms with Gasteiger partial charge in [-0.05, 0) is 37.6 Å². The molecule has 0 aliphatic heterocycles. The van der Waals surface area contributed by atoms with Crippen molar-refractivity contribution in [3.8, 4) is 0 Å². The van der Waals surface area contributed by atoms with Crippen LogP contribution in [0.1, 0.15) is 29.2 Å². The zero-order chi connectivity index (χ0) is 13.0. The maximum Gasteiger partial charge on any atom is 0.0470 e. The average molecular weight is 242 g/mol. The summed E-state index contributed by atoms with van der Waals surface area (Å²) in [6.45, 7) is 9.37. The minimum atomic E-state index is 0.953. The van der Waals surface area contributed by atoms with E-state index in [-0.39, 0.29) is 0 Å². The van der Waals surface area contributed by atoms with Crippen LogP contribution in [0.3, 0.4) is 0 Å². The third kappa shape index (κ3) is 3.47. The van der Waals surface area contributed by atoms with Gasteiger partial charge in [0.2, 0.25) is 0 Å². The van der Waals surface area contributed by atoms with Crippen LogP contribution in [0, 0.1) is 13.8 Å². The Morgan fingerprint density at radius 3 is 2.44 bits per heavy atom. The van der Waals surface area contributed by atoms with Crippen LogP contribution in [-0.2, 0) is 13.1 Å². The largest absolute Gasteiger partial charge is 0.350 e. The summed E-state index contributed by atoms with van der Waals surface area (Å²) in [5.41, 5.74) is 5.40. The van der Waals surface area contributed by atoms with Crippen molar-refractivity contribution in [1.82, 2.24) is 9.88 Å². The van der Waals surface area contributed by atoms with Gasteiger partial charge in [-0.15, -0.1) is 0 Å². The molecule has 1 N–H and O–H groups in total. The summed E-state index contributed by atoms with van der Waals surface area (Å²) in [4.78, 5) is 0. The molecule has 0 saturated carbocycles. The Labute approximate surface area is 110 Å². The molecule has 1 heterocycles. The Bertz CT molecular complexity index is 491. The second-order valence-electron chi connectivity index (χ2n) is 4.97. The molecule has 0 radical (unpaired) electrons. The Balaban J connectivity index is 2.06. The van der Waals surface area contributed by atoms with Crippen LogP contribution in [-0.4, -0.2) is 11.1 Å². The molecule has 1 aromatic carbocycles. The average Bonchev–Trinajstić information content (AvgIpc) is 2.72. The monoisotopic (exact) mass is 242 g/mol. The van der Waals surface area contributed by atoms with E-state index in [0.29, 0.717) is 0 Å². The van der Waals surface area contributed by atoms with Crippen molar-refractivity contribution in [3.63, 3.8) is 0 Å². The molecule has 0 fully saturated rings. The number of aromatic nitrogens is 1. The van der Waals surface area contributed by atoms with E-state index in [1.807, 2.05) is 0 Å². The quantitative estimate of drug-likeness (QED) is 0.851. The lowest BCUT2D eigenvalue weighted by Crippen LogP contribution is -2.11. The first-order valence-corrected chi connectivity index (χ1v) is 6.60. The van der Waals surface area contributed by atoms with E-state index in [1.54, 1.807) is 0 Å². The summed E-state index contributed by atoms with van der Waals surface area (Å²) in [7, 11) is 0. The lowest BCUT2D eigenvalue weighted by molar-refractivity contribution is 0.721. The molecule has 0 amide bonds. The van der Waals surface area contributed by atoms with Gasteiger partial charge in [-0.3, -0.25) is 0 Å². The molecule has 2 rings (SSSR count). The zero-order valence-corrected chi connectivity index (χ0v) is 11.5. The van der Waals surface area contributed by atoms with Gasteiger partial charge in [0.25, 0.3) is 0 Å². The number of benzene rings is 1. The maximum atomic E-state index is 3.35. The van der Waals surface area contributed by atoms with Crippen LogP contribution in [0.25, 0.3) is 0 Å². The number of hydrogen-bond acceptors (Lipinski definition) is 1. The SMILES string of the molecule is CCNCc1ccn(Cc2cc(C)cc(C)c2)c1. The number of nitrogens with one attached hydrogen (secondary N) is 1. The Morgan fingerprint density at radius 1 is 1.06 bits per heavy atom. The van der Waals surface area contributed by atoms with Crippen molar-refractivity contribution in [3.05, 3.63) is 58.9 Å². The molecule has 2 heteroatoms. The van der Waals surface area contributed by atoms with Crippen LogP contribution in [0.4, 0.5) is 0 Å². The van der Waals surface area contributed by atoms with Gasteiger partial charge in [-0.25, -0.2) is 0 Å². The van der Waals surface area contributed by atoms with Crippen molar-refractivity contribution in [1.29, 1.82) is 0 Å². The summed E-state index contributed by atoms with van der Waals surface area (Å²) >= 11 is 0. The molecule has 0 saturated heterocycles. The van der Waals surface area contributed by atoms with Crippen LogP contribution in [0.2, 0.25) is 0 Å². The van der Waals surface area contributed by atoms with E-state index < -0.39 is 0 Å². The fourth-order valence-corrected chi connectivity index (χ4v) is 2.33. The molecule has 0 unspecified atom stereocenters. The van der Waals surface area contributed by atoms with Crippen molar-refractivity contribution in [2.45, 2.75) is 33.9 Å². The molecule has 96 valence electrons. The predicted molar refractivity (Wildman–Crippen MR) is 76.8 cm³/mol. The number of nitrogens with zero attached hydrogens (tertiary/aromatic N) is 1. The first-order valence-electron chi connectivity index (χ1n) is 6.60. The molecule has 0 aliphatic carbocycles. The third-order valence-electron chi connectivity index (χ3n) is 3.04. The van der Waals surface area contributed by atoms with Crippen molar-refractivity contribution >= 4 is 0 Å². The summed E-state index contributed by atoms with van der Waals surface area (Å²) in [5.74, 6) is 0. The minimum absolute atomic E-state index is 0.953. The second-order valence-corrected chi connectivity index (χ2v) is 4.97. The van der Waals surface area contributed by atoms with Gasteiger partial charge in [0, 0.05) is 25.5 Å². The van der Waals surface area contributed by atoms with Crippen molar-refractivity contribution in [2.24, 2.45) is 0 Å². The zero-order valence-electron chi connectivity index (χ0n) is 11.5. The van der Waals surface area contributed by atoms with Gasteiger partial charge in [0.05, 0.1) is 0 Å². The van der Waals surface area contributed by atoms with E-state index >= 15 is 0 Å². The highest BCUT2D eigenvalue weighted by atomic mass is 14.9. The van der Waals surface area contributed by atoms with E-state index in [0.717, 1.165) is 19.6 Å².